The lowest BCUT2D eigenvalue weighted by Gasteiger charge is -2.29. The van der Waals surface area contributed by atoms with Crippen molar-refractivity contribution >= 4 is 28.8 Å². The molecule has 6 heteroatoms. The van der Waals surface area contributed by atoms with Crippen LogP contribution in [0.4, 0.5) is 0 Å². The number of allylic oxidation sites excluding steroid dienone is 2. The number of ether oxygens (including phenoxy) is 2. The molecule has 1 aliphatic heterocycles. The zero-order chi connectivity index (χ0) is 24.7. The van der Waals surface area contributed by atoms with Gasteiger partial charge in [0.05, 0.1) is 30.4 Å². The highest BCUT2D eigenvalue weighted by Gasteiger charge is 2.28. The molecule has 1 fully saturated rings. The molecule has 0 saturated carbocycles. The van der Waals surface area contributed by atoms with Gasteiger partial charge in [-0.1, -0.05) is 48.9 Å². The number of hydrogen-bond acceptors (Lipinski definition) is 4. The first-order valence-corrected chi connectivity index (χ1v) is 11.7. The van der Waals surface area contributed by atoms with Crippen LogP contribution in [0.15, 0.2) is 54.3 Å². The lowest BCUT2D eigenvalue weighted by Crippen LogP contribution is -2.43. The minimum atomic E-state index is -0.548. The summed E-state index contributed by atoms with van der Waals surface area (Å²) in [5.74, 6) is 0.0688. The van der Waals surface area contributed by atoms with Gasteiger partial charge in [0.15, 0.2) is 0 Å². The van der Waals surface area contributed by atoms with Gasteiger partial charge in [-0.05, 0) is 50.3 Å². The van der Waals surface area contributed by atoms with Crippen molar-refractivity contribution in [3.8, 4) is 0 Å². The number of ketones is 1. The van der Waals surface area contributed by atoms with Crippen LogP contribution in [0.2, 0.25) is 0 Å². The molecule has 1 aliphatic rings. The second kappa shape index (κ2) is 11.5. The molecule has 6 nitrogen and oxygen atoms in total. The molecule has 0 bridgehead atoms. The van der Waals surface area contributed by atoms with E-state index >= 15 is 0 Å². The fourth-order valence-electron chi connectivity index (χ4n) is 4.22. The Morgan fingerprint density at radius 2 is 1.74 bits per heavy atom. The molecule has 180 valence electrons. The number of carbonyl (C=O) groups is 2. The Balaban J connectivity index is 1.90. The summed E-state index contributed by atoms with van der Waals surface area (Å²) in [7, 11) is 3.12. The maximum absolute atomic E-state index is 13.4. The largest absolute Gasteiger partial charge is 0.499 e. The minimum Gasteiger partial charge on any atom is -0.499 e. The van der Waals surface area contributed by atoms with Crippen LogP contribution in [-0.4, -0.2) is 48.9 Å². The standard InChI is InChI=1S/C28H34N2O4/c1-6-7-13-24(34-5)25-23(18-29-26(25)20(3)33-4)27(31)28(32)30-16-14-22(15-17-30)19(2)21-11-9-8-10-12-21/h7-13,18,29H,6,14-17H2,1-5H3/b13-7+,25-24+,26-20-. The number of rotatable bonds is 7. The number of H-pyrrole nitrogens is 1. The number of piperidine rings is 1. The number of nitrogens with zero attached hydrogens (tertiary/aromatic N) is 1. The zero-order valence-corrected chi connectivity index (χ0v) is 20.7. The molecule has 0 radical (unpaired) electrons. The molecule has 1 N–H and O–H groups in total. The van der Waals surface area contributed by atoms with Crippen molar-refractivity contribution in [2.24, 2.45) is 0 Å². The topological polar surface area (TPSA) is 71.6 Å². The van der Waals surface area contributed by atoms with Gasteiger partial charge in [-0.2, -0.15) is 0 Å². The van der Waals surface area contributed by atoms with E-state index in [-0.39, 0.29) is 5.56 Å². The zero-order valence-electron chi connectivity index (χ0n) is 20.7. The molecular formula is C28H34N2O4. The number of carbonyl (C=O) groups excluding carboxylic acids is 2. The highest BCUT2D eigenvalue weighted by Crippen LogP contribution is 2.26. The summed E-state index contributed by atoms with van der Waals surface area (Å²) in [6.45, 7) is 6.99. The third kappa shape index (κ3) is 5.33. The summed E-state index contributed by atoms with van der Waals surface area (Å²) in [5.41, 5.74) is 4.07. The van der Waals surface area contributed by atoms with Gasteiger partial charge >= 0.3 is 0 Å². The number of hydrogen-bond donors (Lipinski definition) is 1. The molecule has 1 saturated heterocycles. The van der Waals surface area contributed by atoms with Crippen LogP contribution in [0, 0.1) is 0 Å². The number of benzene rings is 1. The number of aromatic nitrogens is 1. The molecule has 1 aromatic carbocycles. The van der Waals surface area contributed by atoms with Gasteiger partial charge in [-0.25, -0.2) is 0 Å². The smallest absolute Gasteiger partial charge is 0.295 e. The summed E-state index contributed by atoms with van der Waals surface area (Å²) in [4.78, 5) is 31.3. The van der Waals surface area contributed by atoms with Gasteiger partial charge < -0.3 is 19.4 Å². The van der Waals surface area contributed by atoms with Crippen LogP contribution in [0.25, 0.3) is 17.1 Å². The molecule has 3 rings (SSSR count). The monoisotopic (exact) mass is 462 g/mol. The first-order valence-electron chi connectivity index (χ1n) is 11.7. The Morgan fingerprint density at radius 1 is 1.06 bits per heavy atom. The van der Waals surface area contributed by atoms with E-state index in [0.717, 1.165) is 19.3 Å². The predicted molar refractivity (Wildman–Crippen MR) is 135 cm³/mol. The van der Waals surface area contributed by atoms with Crippen LogP contribution in [-0.2, 0) is 14.3 Å². The third-order valence-corrected chi connectivity index (χ3v) is 6.34. The first-order chi connectivity index (χ1) is 16.4. The highest BCUT2D eigenvalue weighted by atomic mass is 16.5. The molecule has 2 aromatic rings. The Kier molecular flexibility index (Phi) is 8.52. The molecule has 34 heavy (non-hydrogen) atoms. The van der Waals surface area contributed by atoms with E-state index < -0.39 is 11.7 Å². The van der Waals surface area contributed by atoms with E-state index in [9.17, 15) is 9.59 Å². The summed E-state index contributed by atoms with van der Waals surface area (Å²) in [6.07, 6.45) is 7.67. The van der Waals surface area contributed by atoms with E-state index in [1.54, 1.807) is 32.2 Å². The van der Waals surface area contributed by atoms with Gasteiger partial charge in [0.1, 0.15) is 11.5 Å². The molecule has 0 atom stereocenters. The second-order valence-electron chi connectivity index (χ2n) is 8.31. The fourth-order valence-corrected chi connectivity index (χ4v) is 4.22. The molecular weight excluding hydrogens is 428 g/mol. The van der Waals surface area contributed by atoms with Gasteiger partial charge in [0.2, 0.25) is 0 Å². The molecule has 0 aliphatic carbocycles. The fraction of sp³-hybridized carbons (Fsp3) is 0.357. The normalized spacial score (nSPS) is 15.8. The summed E-state index contributed by atoms with van der Waals surface area (Å²) >= 11 is 0. The Bertz CT molecular complexity index is 1210. The Labute approximate surface area is 201 Å². The number of nitrogens with one attached hydrogen (secondary N) is 1. The van der Waals surface area contributed by atoms with E-state index in [0.29, 0.717) is 35.2 Å². The van der Waals surface area contributed by atoms with Crippen molar-refractivity contribution in [2.75, 3.05) is 27.3 Å². The van der Waals surface area contributed by atoms with Crippen molar-refractivity contribution in [1.29, 1.82) is 0 Å². The number of aromatic amines is 1. The highest BCUT2D eigenvalue weighted by molar-refractivity contribution is 6.42. The maximum atomic E-state index is 13.4. The average Bonchev–Trinajstić information content (AvgIpc) is 3.33. The molecule has 1 amide bonds. The predicted octanol–water partition coefficient (Wildman–Crippen LogP) is 3.79. The molecule has 2 heterocycles. The van der Waals surface area contributed by atoms with Gasteiger partial charge in [-0.15, -0.1) is 0 Å². The van der Waals surface area contributed by atoms with E-state index in [1.165, 1.54) is 16.7 Å². The summed E-state index contributed by atoms with van der Waals surface area (Å²) in [5, 5.41) is 1.17. The summed E-state index contributed by atoms with van der Waals surface area (Å²) in [6, 6.07) is 10.3. The van der Waals surface area contributed by atoms with Crippen LogP contribution in [0.1, 0.15) is 56.0 Å². The lowest BCUT2D eigenvalue weighted by atomic mass is 9.94. The van der Waals surface area contributed by atoms with Crippen LogP contribution in [0.5, 0.6) is 0 Å². The number of amides is 1. The quantitative estimate of drug-likeness (QED) is 0.502. The SMILES string of the molecule is CC/C=C/C(OC)=c1/c(C(=O)C(=O)N2CCC(=C(C)c3ccccc3)CC2)c[nH]/c1=C(/C)OC. The van der Waals surface area contributed by atoms with Crippen molar-refractivity contribution in [2.45, 2.75) is 40.0 Å². The van der Waals surface area contributed by atoms with E-state index in [2.05, 4.69) is 24.0 Å². The van der Waals surface area contributed by atoms with Crippen molar-refractivity contribution in [3.05, 3.63) is 75.9 Å². The van der Waals surface area contributed by atoms with Gasteiger partial charge in [-0.3, -0.25) is 9.59 Å². The van der Waals surface area contributed by atoms with Crippen LogP contribution in [0.3, 0.4) is 0 Å². The lowest BCUT2D eigenvalue weighted by molar-refractivity contribution is -0.126. The molecule has 0 spiro atoms. The third-order valence-electron chi connectivity index (χ3n) is 6.34. The Hall–Kier alpha value is -3.54. The van der Waals surface area contributed by atoms with Crippen molar-refractivity contribution in [1.82, 2.24) is 9.88 Å². The maximum Gasteiger partial charge on any atom is 0.295 e. The second-order valence-corrected chi connectivity index (χ2v) is 8.31. The summed E-state index contributed by atoms with van der Waals surface area (Å²) < 4.78 is 11.0. The van der Waals surface area contributed by atoms with Gasteiger partial charge in [0.25, 0.3) is 11.7 Å². The van der Waals surface area contributed by atoms with Crippen LogP contribution < -0.4 is 10.6 Å². The van der Waals surface area contributed by atoms with Crippen molar-refractivity contribution in [3.63, 3.8) is 0 Å². The number of Topliss-reactive ketones (excluding diaryl/α,β-unsaturated/α-hetero) is 1. The number of likely N-dealkylation sites (tertiary alicyclic amines) is 1. The van der Waals surface area contributed by atoms with Crippen molar-refractivity contribution < 1.29 is 19.1 Å². The van der Waals surface area contributed by atoms with E-state index in [1.807, 2.05) is 37.3 Å². The number of methoxy groups -OCH3 is 2. The van der Waals surface area contributed by atoms with E-state index in [4.69, 9.17) is 9.47 Å². The van der Waals surface area contributed by atoms with Gasteiger partial charge in [0, 0.05) is 19.3 Å². The average molecular weight is 463 g/mol. The minimum absolute atomic E-state index is 0.288. The Morgan fingerprint density at radius 3 is 2.32 bits per heavy atom. The first kappa shape index (κ1) is 25.1. The van der Waals surface area contributed by atoms with Crippen LogP contribution >= 0.6 is 0 Å². The molecule has 1 aromatic heterocycles. The molecule has 0 unspecified atom stereocenters.